The summed E-state index contributed by atoms with van der Waals surface area (Å²) in [6, 6.07) is 5.32. The Labute approximate surface area is 108 Å². The van der Waals surface area contributed by atoms with Gasteiger partial charge in [-0.3, -0.25) is 0 Å². The fraction of sp³-hybridized carbons (Fsp3) is 0.455. The van der Waals surface area contributed by atoms with Crippen LogP contribution in [0.5, 0.6) is 0 Å². The fourth-order valence-corrected chi connectivity index (χ4v) is 3.39. The van der Waals surface area contributed by atoms with E-state index in [1.807, 2.05) is 0 Å². The number of rotatable bonds is 6. The van der Waals surface area contributed by atoms with Gasteiger partial charge in [0.05, 0.1) is 15.5 Å². The van der Waals surface area contributed by atoms with Gasteiger partial charge in [0.15, 0.2) is 19.7 Å². The molecule has 18 heavy (non-hydrogen) atoms. The van der Waals surface area contributed by atoms with E-state index in [2.05, 4.69) is 5.32 Å². The molecule has 102 valence electrons. The van der Waals surface area contributed by atoms with Crippen molar-refractivity contribution in [2.45, 2.75) is 16.2 Å². The standard InChI is InChI=1S/C11H17NO4S2/c1-12-8-3-9-18(15,16)11-6-4-10(5-7-11)17(2,13)14/h4-7,12H,3,8-9H2,1-2H3. The van der Waals surface area contributed by atoms with Crippen molar-refractivity contribution in [3.05, 3.63) is 24.3 Å². The van der Waals surface area contributed by atoms with Crippen LogP contribution in [0.25, 0.3) is 0 Å². The quantitative estimate of drug-likeness (QED) is 0.771. The lowest BCUT2D eigenvalue weighted by molar-refractivity contribution is 0.590. The fourth-order valence-electron chi connectivity index (χ4n) is 1.45. The van der Waals surface area contributed by atoms with Gasteiger partial charge < -0.3 is 5.32 Å². The van der Waals surface area contributed by atoms with E-state index < -0.39 is 19.7 Å². The molecule has 0 aliphatic rings. The highest BCUT2D eigenvalue weighted by atomic mass is 32.2. The van der Waals surface area contributed by atoms with Crippen LogP contribution in [0.3, 0.4) is 0 Å². The molecule has 0 unspecified atom stereocenters. The number of hydrogen-bond acceptors (Lipinski definition) is 5. The summed E-state index contributed by atoms with van der Waals surface area (Å²) in [6.45, 7) is 0.626. The Kier molecular flexibility index (Phi) is 4.89. The minimum absolute atomic E-state index is 0.0477. The van der Waals surface area contributed by atoms with Gasteiger partial charge in [-0.05, 0) is 44.3 Å². The molecule has 0 fully saturated rings. The van der Waals surface area contributed by atoms with Crippen molar-refractivity contribution >= 4 is 19.7 Å². The molecular weight excluding hydrogens is 274 g/mol. The number of hydrogen-bond donors (Lipinski definition) is 1. The van der Waals surface area contributed by atoms with E-state index in [0.29, 0.717) is 13.0 Å². The van der Waals surface area contributed by atoms with Crippen molar-refractivity contribution in [3.63, 3.8) is 0 Å². The molecule has 1 aromatic rings. The first-order chi connectivity index (χ1) is 8.27. The second-order valence-corrected chi connectivity index (χ2v) is 8.14. The Bertz CT molecular complexity index is 588. The van der Waals surface area contributed by atoms with E-state index in [-0.39, 0.29) is 15.5 Å². The maximum absolute atomic E-state index is 11.9. The van der Waals surface area contributed by atoms with E-state index in [4.69, 9.17) is 0 Å². The second kappa shape index (κ2) is 5.81. The molecular formula is C11H17NO4S2. The normalized spacial score (nSPS) is 12.6. The molecule has 1 N–H and O–H groups in total. The molecule has 0 amide bonds. The average Bonchev–Trinajstić information content (AvgIpc) is 2.28. The largest absolute Gasteiger partial charge is 0.320 e. The van der Waals surface area contributed by atoms with Gasteiger partial charge in [0.1, 0.15) is 0 Å². The predicted molar refractivity (Wildman–Crippen MR) is 70.1 cm³/mol. The summed E-state index contributed by atoms with van der Waals surface area (Å²) in [5.74, 6) is 0.0477. The van der Waals surface area contributed by atoms with E-state index in [1.54, 1.807) is 7.05 Å². The first kappa shape index (κ1) is 15.1. The summed E-state index contributed by atoms with van der Waals surface area (Å²) < 4.78 is 46.3. The third kappa shape index (κ3) is 4.08. The van der Waals surface area contributed by atoms with Crippen LogP contribution in [0.2, 0.25) is 0 Å². The van der Waals surface area contributed by atoms with E-state index in [9.17, 15) is 16.8 Å². The van der Waals surface area contributed by atoms with Crippen LogP contribution in [0, 0.1) is 0 Å². The zero-order valence-corrected chi connectivity index (χ0v) is 12.0. The average molecular weight is 291 g/mol. The molecule has 7 heteroatoms. The van der Waals surface area contributed by atoms with E-state index >= 15 is 0 Å². The van der Waals surface area contributed by atoms with Crippen LogP contribution in [-0.4, -0.2) is 42.4 Å². The zero-order chi connectivity index (χ0) is 13.8. The van der Waals surface area contributed by atoms with Gasteiger partial charge in [-0.2, -0.15) is 0 Å². The first-order valence-corrected chi connectivity index (χ1v) is 8.99. The molecule has 1 aromatic carbocycles. The summed E-state index contributed by atoms with van der Waals surface area (Å²) in [4.78, 5) is 0.280. The van der Waals surface area contributed by atoms with Gasteiger partial charge in [-0.1, -0.05) is 0 Å². The summed E-state index contributed by atoms with van der Waals surface area (Å²) in [6.07, 6.45) is 1.61. The molecule has 0 bridgehead atoms. The molecule has 0 spiro atoms. The number of nitrogens with one attached hydrogen (secondary N) is 1. The Morgan fingerprint density at radius 3 is 1.94 bits per heavy atom. The van der Waals surface area contributed by atoms with Crippen LogP contribution in [-0.2, 0) is 19.7 Å². The molecule has 0 radical (unpaired) electrons. The van der Waals surface area contributed by atoms with Gasteiger partial charge in [0.2, 0.25) is 0 Å². The Hall–Kier alpha value is -0.920. The van der Waals surface area contributed by atoms with Gasteiger partial charge in [-0.15, -0.1) is 0 Å². The van der Waals surface area contributed by atoms with Gasteiger partial charge in [-0.25, -0.2) is 16.8 Å². The molecule has 0 aliphatic carbocycles. The van der Waals surface area contributed by atoms with Crippen molar-refractivity contribution in [2.75, 3.05) is 25.6 Å². The highest BCUT2D eigenvalue weighted by Crippen LogP contribution is 2.16. The topological polar surface area (TPSA) is 80.3 Å². The summed E-state index contributed by atoms with van der Waals surface area (Å²) in [5, 5.41) is 2.88. The predicted octanol–water partition coefficient (Wildman–Crippen LogP) is 0.473. The second-order valence-electron chi connectivity index (χ2n) is 4.02. The third-order valence-corrected chi connectivity index (χ3v) is 5.40. The maximum Gasteiger partial charge on any atom is 0.178 e. The molecule has 5 nitrogen and oxygen atoms in total. The van der Waals surface area contributed by atoms with Gasteiger partial charge in [0, 0.05) is 6.26 Å². The minimum Gasteiger partial charge on any atom is -0.320 e. The van der Waals surface area contributed by atoms with Crippen molar-refractivity contribution in [1.82, 2.24) is 5.32 Å². The molecule has 0 heterocycles. The number of sulfone groups is 2. The minimum atomic E-state index is -3.33. The highest BCUT2D eigenvalue weighted by molar-refractivity contribution is 7.91. The Balaban J connectivity index is 2.91. The van der Waals surface area contributed by atoms with Crippen LogP contribution < -0.4 is 5.32 Å². The Morgan fingerprint density at radius 1 is 1.00 bits per heavy atom. The van der Waals surface area contributed by atoms with E-state index in [0.717, 1.165) is 6.26 Å². The lowest BCUT2D eigenvalue weighted by Crippen LogP contribution is -2.14. The number of benzene rings is 1. The summed E-state index contributed by atoms with van der Waals surface area (Å²) in [7, 11) is -4.86. The molecule has 0 aromatic heterocycles. The summed E-state index contributed by atoms with van der Waals surface area (Å²) in [5.41, 5.74) is 0. The van der Waals surface area contributed by atoms with Crippen LogP contribution >= 0.6 is 0 Å². The maximum atomic E-state index is 11.9. The van der Waals surface area contributed by atoms with Crippen LogP contribution in [0.1, 0.15) is 6.42 Å². The van der Waals surface area contributed by atoms with Crippen molar-refractivity contribution < 1.29 is 16.8 Å². The SMILES string of the molecule is CNCCCS(=O)(=O)c1ccc(S(C)(=O)=O)cc1. The molecule has 0 aliphatic heterocycles. The van der Waals surface area contributed by atoms with Crippen molar-refractivity contribution in [2.24, 2.45) is 0 Å². The van der Waals surface area contributed by atoms with Gasteiger partial charge in [0.25, 0.3) is 0 Å². The first-order valence-electron chi connectivity index (χ1n) is 5.45. The van der Waals surface area contributed by atoms with Gasteiger partial charge >= 0.3 is 0 Å². The van der Waals surface area contributed by atoms with Crippen molar-refractivity contribution in [1.29, 1.82) is 0 Å². The smallest absolute Gasteiger partial charge is 0.178 e. The zero-order valence-electron chi connectivity index (χ0n) is 10.4. The monoisotopic (exact) mass is 291 g/mol. The molecule has 0 saturated heterocycles. The molecule has 0 atom stereocenters. The third-order valence-electron chi connectivity index (χ3n) is 2.45. The lowest BCUT2D eigenvalue weighted by Gasteiger charge is -2.05. The van der Waals surface area contributed by atoms with E-state index in [1.165, 1.54) is 24.3 Å². The highest BCUT2D eigenvalue weighted by Gasteiger charge is 2.15. The Morgan fingerprint density at radius 2 is 1.50 bits per heavy atom. The lowest BCUT2D eigenvalue weighted by atomic mass is 10.4. The molecule has 1 rings (SSSR count). The molecule has 0 saturated carbocycles. The van der Waals surface area contributed by atoms with Crippen LogP contribution in [0.4, 0.5) is 0 Å². The van der Waals surface area contributed by atoms with Crippen molar-refractivity contribution in [3.8, 4) is 0 Å². The van der Waals surface area contributed by atoms with Crippen LogP contribution in [0.15, 0.2) is 34.1 Å². The summed E-state index contributed by atoms with van der Waals surface area (Å²) >= 11 is 0.